The van der Waals surface area contributed by atoms with Crippen molar-refractivity contribution in [2.45, 2.75) is 18.1 Å². The van der Waals surface area contributed by atoms with E-state index in [0.29, 0.717) is 29.4 Å². The third-order valence-corrected chi connectivity index (χ3v) is 5.65. The van der Waals surface area contributed by atoms with Crippen molar-refractivity contribution in [3.63, 3.8) is 0 Å². The predicted octanol–water partition coefficient (Wildman–Crippen LogP) is 2.95. The van der Waals surface area contributed by atoms with Crippen LogP contribution in [0, 0.1) is 0 Å². The van der Waals surface area contributed by atoms with Crippen molar-refractivity contribution in [1.82, 2.24) is 14.8 Å². The molecule has 0 aliphatic heterocycles. The summed E-state index contributed by atoms with van der Waals surface area (Å²) in [6.45, 7) is 4.37. The highest BCUT2D eigenvalue weighted by Crippen LogP contribution is 2.21. The molecule has 0 radical (unpaired) electrons. The molecule has 0 bridgehead atoms. The minimum atomic E-state index is -0.506. The number of nitrogens with zero attached hydrogens (tertiary/aromatic N) is 3. The maximum absolute atomic E-state index is 12.2. The SMILES string of the molecule is C=CCn1c(Cc2cccs2)nnc1SCC(=O)Nc1ccc(C(N)=O)cc1. The lowest BCUT2D eigenvalue weighted by atomic mass is 10.2. The quantitative estimate of drug-likeness (QED) is 0.415. The molecule has 0 saturated heterocycles. The van der Waals surface area contributed by atoms with Gasteiger partial charge in [0.05, 0.1) is 5.75 Å². The first kappa shape index (κ1) is 19.8. The molecular weight excluding hydrogens is 394 g/mol. The average molecular weight is 414 g/mol. The number of nitrogens with two attached hydrogens (primary N) is 1. The van der Waals surface area contributed by atoms with Crippen molar-refractivity contribution in [2.75, 3.05) is 11.1 Å². The van der Waals surface area contributed by atoms with Crippen LogP contribution in [0.4, 0.5) is 5.69 Å². The molecule has 0 aliphatic carbocycles. The third kappa shape index (κ3) is 5.08. The maximum Gasteiger partial charge on any atom is 0.248 e. The van der Waals surface area contributed by atoms with Gasteiger partial charge in [-0.15, -0.1) is 28.1 Å². The molecule has 1 aromatic carbocycles. The number of benzene rings is 1. The Bertz CT molecular complexity index is 965. The molecule has 0 spiro atoms. The molecule has 0 saturated carbocycles. The van der Waals surface area contributed by atoms with E-state index in [-0.39, 0.29) is 11.7 Å². The molecule has 144 valence electrons. The number of carbonyl (C=O) groups is 2. The van der Waals surface area contributed by atoms with Crippen molar-refractivity contribution >= 4 is 40.6 Å². The zero-order valence-corrected chi connectivity index (χ0v) is 16.6. The number of aromatic nitrogens is 3. The molecule has 0 fully saturated rings. The Morgan fingerprint density at radius 3 is 2.68 bits per heavy atom. The average Bonchev–Trinajstić information content (AvgIpc) is 3.32. The van der Waals surface area contributed by atoms with Gasteiger partial charge in [-0.25, -0.2) is 0 Å². The van der Waals surface area contributed by atoms with E-state index in [1.807, 2.05) is 16.0 Å². The van der Waals surface area contributed by atoms with Gasteiger partial charge in [0.1, 0.15) is 5.82 Å². The molecule has 3 rings (SSSR count). The van der Waals surface area contributed by atoms with Crippen molar-refractivity contribution in [3.05, 3.63) is 70.7 Å². The Hall–Kier alpha value is -2.91. The second-order valence-electron chi connectivity index (χ2n) is 5.83. The van der Waals surface area contributed by atoms with Gasteiger partial charge in [0.25, 0.3) is 0 Å². The summed E-state index contributed by atoms with van der Waals surface area (Å²) >= 11 is 2.98. The lowest BCUT2D eigenvalue weighted by molar-refractivity contribution is -0.113. The van der Waals surface area contributed by atoms with E-state index in [1.54, 1.807) is 41.7 Å². The van der Waals surface area contributed by atoms with E-state index in [2.05, 4.69) is 28.2 Å². The normalized spacial score (nSPS) is 10.6. The Balaban J connectivity index is 1.61. The van der Waals surface area contributed by atoms with Crippen LogP contribution in [0.1, 0.15) is 21.1 Å². The number of carbonyl (C=O) groups excluding carboxylic acids is 2. The van der Waals surface area contributed by atoms with Crippen LogP contribution in [0.2, 0.25) is 0 Å². The van der Waals surface area contributed by atoms with Crippen LogP contribution in [0.3, 0.4) is 0 Å². The number of thioether (sulfide) groups is 1. The first-order valence-electron chi connectivity index (χ1n) is 8.44. The van der Waals surface area contributed by atoms with Crippen LogP contribution < -0.4 is 11.1 Å². The van der Waals surface area contributed by atoms with Gasteiger partial charge in [-0.1, -0.05) is 23.9 Å². The van der Waals surface area contributed by atoms with E-state index in [1.165, 1.54) is 16.6 Å². The highest BCUT2D eigenvalue weighted by Gasteiger charge is 2.14. The summed E-state index contributed by atoms with van der Waals surface area (Å²) in [6.07, 6.45) is 2.48. The molecule has 0 unspecified atom stereocenters. The van der Waals surface area contributed by atoms with E-state index in [4.69, 9.17) is 5.73 Å². The second kappa shape index (κ2) is 9.34. The first-order valence-corrected chi connectivity index (χ1v) is 10.3. The summed E-state index contributed by atoms with van der Waals surface area (Å²) in [5, 5.41) is 14.0. The molecule has 3 aromatic rings. The van der Waals surface area contributed by atoms with Crippen molar-refractivity contribution in [3.8, 4) is 0 Å². The highest BCUT2D eigenvalue weighted by atomic mass is 32.2. The number of primary amides is 1. The zero-order valence-electron chi connectivity index (χ0n) is 15.0. The molecule has 2 aromatic heterocycles. The number of allylic oxidation sites excluding steroid dienone is 1. The minimum absolute atomic E-state index is 0.176. The summed E-state index contributed by atoms with van der Waals surface area (Å²) in [5.41, 5.74) is 6.20. The number of amides is 2. The monoisotopic (exact) mass is 413 g/mol. The number of anilines is 1. The number of rotatable bonds is 9. The molecule has 2 amide bonds. The smallest absolute Gasteiger partial charge is 0.248 e. The fraction of sp³-hybridized carbons (Fsp3) is 0.158. The zero-order chi connectivity index (χ0) is 19.9. The van der Waals surface area contributed by atoms with Gasteiger partial charge >= 0.3 is 0 Å². The second-order valence-corrected chi connectivity index (χ2v) is 7.81. The number of hydrogen-bond acceptors (Lipinski definition) is 6. The Morgan fingerprint density at radius 2 is 2.04 bits per heavy atom. The molecule has 0 aliphatic rings. The van der Waals surface area contributed by atoms with Crippen LogP contribution in [-0.4, -0.2) is 32.3 Å². The summed E-state index contributed by atoms with van der Waals surface area (Å²) < 4.78 is 1.96. The summed E-state index contributed by atoms with van der Waals surface area (Å²) in [5.74, 6) is 0.344. The van der Waals surface area contributed by atoms with Crippen molar-refractivity contribution < 1.29 is 9.59 Å². The largest absolute Gasteiger partial charge is 0.366 e. The van der Waals surface area contributed by atoms with Gasteiger partial charge in [0.15, 0.2) is 5.16 Å². The first-order chi connectivity index (χ1) is 13.6. The predicted molar refractivity (Wildman–Crippen MR) is 112 cm³/mol. The Morgan fingerprint density at radius 1 is 1.25 bits per heavy atom. The fourth-order valence-electron chi connectivity index (χ4n) is 2.48. The van der Waals surface area contributed by atoms with E-state index >= 15 is 0 Å². The van der Waals surface area contributed by atoms with Crippen LogP contribution in [0.15, 0.2) is 59.6 Å². The van der Waals surface area contributed by atoms with Gasteiger partial charge < -0.3 is 15.6 Å². The van der Waals surface area contributed by atoms with Crippen molar-refractivity contribution in [2.24, 2.45) is 5.73 Å². The van der Waals surface area contributed by atoms with Gasteiger partial charge in [-0.2, -0.15) is 0 Å². The van der Waals surface area contributed by atoms with Crippen molar-refractivity contribution in [1.29, 1.82) is 0 Å². The molecule has 28 heavy (non-hydrogen) atoms. The molecule has 2 heterocycles. The van der Waals surface area contributed by atoms with Gasteiger partial charge in [0.2, 0.25) is 11.8 Å². The Labute approximate surface area is 170 Å². The highest BCUT2D eigenvalue weighted by molar-refractivity contribution is 7.99. The van der Waals surface area contributed by atoms with Crippen LogP contribution in [0.25, 0.3) is 0 Å². The lowest BCUT2D eigenvalue weighted by Crippen LogP contribution is -2.15. The van der Waals surface area contributed by atoms with Gasteiger partial charge in [-0.3, -0.25) is 9.59 Å². The molecule has 7 nitrogen and oxygen atoms in total. The molecule has 3 N–H and O–H groups in total. The molecular formula is C19H19N5O2S2. The van der Waals surface area contributed by atoms with Gasteiger partial charge in [-0.05, 0) is 35.7 Å². The molecule has 0 atom stereocenters. The number of thiophene rings is 1. The van der Waals surface area contributed by atoms with E-state index in [9.17, 15) is 9.59 Å². The Kier molecular flexibility index (Phi) is 6.62. The molecule has 9 heteroatoms. The van der Waals surface area contributed by atoms with Crippen LogP contribution in [0.5, 0.6) is 0 Å². The van der Waals surface area contributed by atoms with Crippen LogP contribution in [-0.2, 0) is 17.8 Å². The van der Waals surface area contributed by atoms with E-state index < -0.39 is 5.91 Å². The standard InChI is InChI=1S/C19H19N5O2S2/c1-2-9-24-16(11-15-4-3-10-27-15)22-23-19(24)28-12-17(25)21-14-7-5-13(6-8-14)18(20)26/h2-8,10H,1,9,11-12H2,(H2,20,26)(H,21,25). The topological polar surface area (TPSA) is 103 Å². The maximum atomic E-state index is 12.2. The number of hydrogen-bond donors (Lipinski definition) is 2. The third-order valence-electron chi connectivity index (χ3n) is 3.80. The summed E-state index contributed by atoms with van der Waals surface area (Å²) in [7, 11) is 0. The van der Waals surface area contributed by atoms with E-state index in [0.717, 1.165) is 5.82 Å². The summed E-state index contributed by atoms with van der Waals surface area (Å²) in [6, 6.07) is 10.5. The summed E-state index contributed by atoms with van der Waals surface area (Å²) in [4.78, 5) is 24.5. The minimum Gasteiger partial charge on any atom is -0.366 e. The fourth-order valence-corrected chi connectivity index (χ4v) is 3.95. The van der Waals surface area contributed by atoms with Crippen LogP contribution >= 0.6 is 23.1 Å². The lowest BCUT2D eigenvalue weighted by Gasteiger charge is -2.08. The van der Waals surface area contributed by atoms with Gasteiger partial charge in [0, 0.05) is 29.1 Å². The number of nitrogens with one attached hydrogen (secondary N) is 1.